The number of hydrogen-bond acceptors (Lipinski definition) is 3. The van der Waals surface area contributed by atoms with E-state index in [1.807, 2.05) is 48.9 Å². The number of hydrogen-bond donors (Lipinski definition) is 2. The van der Waals surface area contributed by atoms with Crippen LogP contribution in [0.1, 0.15) is 17.0 Å². The second-order valence-corrected chi connectivity index (χ2v) is 5.11. The van der Waals surface area contributed by atoms with Crippen molar-refractivity contribution in [3.05, 3.63) is 47.3 Å². The molecule has 22 heavy (non-hydrogen) atoms. The summed E-state index contributed by atoms with van der Waals surface area (Å²) in [4.78, 5) is 11.7. The van der Waals surface area contributed by atoms with Crippen LogP contribution in [0.15, 0.2) is 30.3 Å². The van der Waals surface area contributed by atoms with E-state index in [-0.39, 0.29) is 6.03 Å². The summed E-state index contributed by atoms with van der Waals surface area (Å²) in [6.07, 6.45) is 0. The predicted molar refractivity (Wildman–Crippen MR) is 84.9 cm³/mol. The molecule has 0 radical (unpaired) electrons. The van der Waals surface area contributed by atoms with Gasteiger partial charge in [0.25, 0.3) is 0 Å². The molecule has 0 bridgehead atoms. The van der Waals surface area contributed by atoms with Gasteiger partial charge in [0, 0.05) is 18.8 Å². The zero-order chi connectivity index (χ0) is 15.9. The fraction of sp³-hybridized carbons (Fsp3) is 0.375. The molecule has 1 heterocycles. The largest absolute Gasteiger partial charge is 0.497 e. The van der Waals surface area contributed by atoms with Crippen LogP contribution in [0.25, 0.3) is 0 Å². The third-order valence-electron chi connectivity index (χ3n) is 3.32. The molecule has 2 amide bonds. The van der Waals surface area contributed by atoms with Crippen molar-refractivity contribution in [2.24, 2.45) is 0 Å². The zero-order valence-corrected chi connectivity index (χ0v) is 13.2. The number of methoxy groups -OCH3 is 1. The van der Waals surface area contributed by atoms with Crippen LogP contribution >= 0.6 is 0 Å². The lowest BCUT2D eigenvalue weighted by molar-refractivity contribution is 0.240. The standard InChI is InChI=1S/C16H22N4O2/c1-12-10-13(2)20(19-12)9-8-17-16(21)18-11-14-4-6-15(22-3)7-5-14/h4-7,10H,8-9,11H2,1-3H3,(H2,17,18,21). The number of carbonyl (C=O) groups is 1. The van der Waals surface area contributed by atoms with Gasteiger partial charge in [-0.3, -0.25) is 4.68 Å². The van der Waals surface area contributed by atoms with Crippen molar-refractivity contribution in [3.63, 3.8) is 0 Å². The van der Waals surface area contributed by atoms with Crippen LogP contribution in [0.3, 0.4) is 0 Å². The fourth-order valence-corrected chi connectivity index (χ4v) is 2.16. The summed E-state index contributed by atoms with van der Waals surface area (Å²) in [5, 5.41) is 10.00. The maximum Gasteiger partial charge on any atom is 0.315 e. The zero-order valence-electron chi connectivity index (χ0n) is 13.2. The van der Waals surface area contributed by atoms with Gasteiger partial charge < -0.3 is 15.4 Å². The maximum atomic E-state index is 11.7. The molecule has 0 spiro atoms. The number of nitrogens with one attached hydrogen (secondary N) is 2. The van der Waals surface area contributed by atoms with E-state index in [2.05, 4.69) is 15.7 Å². The van der Waals surface area contributed by atoms with Gasteiger partial charge >= 0.3 is 6.03 Å². The Kier molecular flexibility index (Phi) is 5.41. The van der Waals surface area contributed by atoms with Crippen molar-refractivity contribution in [1.82, 2.24) is 20.4 Å². The van der Waals surface area contributed by atoms with Crippen LogP contribution in [-0.4, -0.2) is 29.5 Å². The van der Waals surface area contributed by atoms with Gasteiger partial charge in [0.1, 0.15) is 5.75 Å². The van der Waals surface area contributed by atoms with Crippen LogP contribution in [0.2, 0.25) is 0 Å². The number of carbonyl (C=O) groups excluding carboxylic acids is 1. The van der Waals surface area contributed by atoms with E-state index in [1.54, 1.807) is 7.11 Å². The Bertz CT molecular complexity index is 620. The molecule has 2 rings (SSSR count). The third kappa shape index (κ3) is 4.51. The predicted octanol–water partition coefficient (Wildman–Crippen LogP) is 2.01. The van der Waals surface area contributed by atoms with Crippen LogP contribution in [-0.2, 0) is 13.1 Å². The molecule has 0 saturated carbocycles. The Morgan fingerprint density at radius 1 is 1.23 bits per heavy atom. The molecule has 0 unspecified atom stereocenters. The van der Waals surface area contributed by atoms with Crippen LogP contribution in [0.4, 0.5) is 4.79 Å². The second kappa shape index (κ2) is 7.49. The summed E-state index contributed by atoms with van der Waals surface area (Å²) in [7, 11) is 1.63. The first kappa shape index (κ1) is 15.9. The molecule has 2 aromatic rings. The van der Waals surface area contributed by atoms with Crippen LogP contribution < -0.4 is 15.4 Å². The lowest BCUT2D eigenvalue weighted by atomic mass is 10.2. The maximum absolute atomic E-state index is 11.7. The van der Waals surface area contributed by atoms with Crippen molar-refractivity contribution >= 4 is 6.03 Å². The molecule has 0 aliphatic rings. The van der Waals surface area contributed by atoms with E-state index in [0.717, 1.165) is 22.7 Å². The molecule has 1 aromatic heterocycles. The first-order valence-corrected chi connectivity index (χ1v) is 7.24. The van der Waals surface area contributed by atoms with Gasteiger partial charge in [-0.25, -0.2) is 4.79 Å². The number of aromatic nitrogens is 2. The van der Waals surface area contributed by atoms with E-state index in [4.69, 9.17) is 4.74 Å². The second-order valence-electron chi connectivity index (χ2n) is 5.11. The number of benzene rings is 1. The molecule has 1 aromatic carbocycles. The number of aryl methyl sites for hydroxylation is 2. The topological polar surface area (TPSA) is 68.2 Å². The highest BCUT2D eigenvalue weighted by Crippen LogP contribution is 2.10. The minimum absolute atomic E-state index is 0.183. The third-order valence-corrected chi connectivity index (χ3v) is 3.32. The number of rotatable bonds is 6. The summed E-state index contributed by atoms with van der Waals surface area (Å²) >= 11 is 0. The normalized spacial score (nSPS) is 10.3. The first-order chi connectivity index (χ1) is 10.6. The summed E-state index contributed by atoms with van der Waals surface area (Å²) in [6.45, 7) is 5.64. The number of ether oxygens (including phenoxy) is 1. The van der Waals surface area contributed by atoms with Gasteiger partial charge in [-0.1, -0.05) is 12.1 Å². The number of urea groups is 1. The number of amides is 2. The molecular weight excluding hydrogens is 280 g/mol. The molecule has 0 fully saturated rings. The molecule has 118 valence electrons. The van der Waals surface area contributed by atoms with Crippen molar-refractivity contribution in [3.8, 4) is 5.75 Å². The van der Waals surface area contributed by atoms with Crippen molar-refractivity contribution in [2.45, 2.75) is 26.9 Å². The summed E-state index contributed by atoms with van der Waals surface area (Å²) < 4.78 is 6.98. The minimum Gasteiger partial charge on any atom is -0.497 e. The quantitative estimate of drug-likeness (QED) is 0.857. The highest BCUT2D eigenvalue weighted by Gasteiger charge is 2.03. The monoisotopic (exact) mass is 302 g/mol. The fourth-order valence-electron chi connectivity index (χ4n) is 2.16. The van der Waals surface area contributed by atoms with Gasteiger partial charge in [0.05, 0.1) is 19.3 Å². The smallest absolute Gasteiger partial charge is 0.315 e. The lowest BCUT2D eigenvalue weighted by Crippen LogP contribution is -2.37. The molecule has 6 nitrogen and oxygen atoms in total. The minimum atomic E-state index is -0.183. The van der Waals surface area contributed by atoms with Crippen LogP contribution in [0.5, 0.6) is 5.75 Å². The summed E-state index contributed by atoms with van der Waals surface area (Å²) in [6, 6.07) is 9.43. The Morgan fingerprint density at radius 3 is 2.55 bits per heavy atom. The van der Waals surface area contributed by atoms with Crippen molar-refractivity contribution in [1.29, 1.82) is 0 Å². The first-order valence-electron chi connectivity index (χ1n) is 7.24. The van der Waals surface area contributed by atoms with Gasteiger partial charge in [-0.15, -0.1) is 0 Å². The SMILES string of the molecule is COc1ccc(CNC(=O)NCCn2nc(C)cc2C)cc1. The molecular formula is C16H22N4O2. The molecule has 2 N–H and O–H groups in total. The summed E-state index contributed by atoms with van der Waals surface area (Å²) in [5.74, 6) is 0.804. The number of nitrogens with zero attached hydrogens (tertiary/aromatic N) is 2. The van der Waals surface area contributed by atoms with Crippen molar-refractivity contribution < 1.29 is 9.53 Å². The van der Waals surface area contributed by atoms with Gasteiger partial charge in [0.15, 0.2) is 0 Å². The summed E-state index contributed by atoms with van der Waals surface area (Å²) in [5.41, 5.74) is 3.11. The van der Waals surface area contributed by atoms with E-state index in [9.17, 15) is 4.79 Å². The Morgan fingerprint density at radius 2 is 1.95 bits per heavy atom. The highest BCUT2D eigenvalue weighted by molar-refractivity contribution is 5.73. The molecule has 0 aliphatic carbocycles. The van der Waals surface area contributed by atoms with Crippen LogP contribution in [0, 0.1) is 13.8 Å². The molecule has 0 atom stereocenters. The van der Waals surface area contributed by atoms with Gasteiger partial charge in [-0.05, 0) is 37.6 Å². The molecule has 6 heteroatoms. The average molecular weight is 302 g/mol. The molecule has 0 saturated heterocycles. The lowest BCUT2D eigenvalue weighted by Gasteiger charge is -2.09. The van der Waals surface area contributed by atoms with E-state index in [0.29, 0.717) is 19.6 Å². The molecule has 0 aliphatic heterocycles. The van der Waals surface area contributed by atoms with E-state index < -0.39 is 0 Å². The van der Waals surface area contributed by atoms with Gasteiger partial charge in [-0.2, -0.15) is 5.10 Å². The van der Waals surface area contributed by atoms with E-state index >= 15 is 0 Å². The Balaban J connectivity index is 1.70. The highest BCUT2D eigenvalue weighted by atomic mass is 16.5. The average Bonchev–Trinajstić information content (AvgIpc) is 2.83. The van der Waals surface area contributed by atoms with Gasteiger partial charge in [0.2, 0.25) is 0 Å². The van der Waals surface area contributed by atoms with Crippen molar-refractivity contribution in [2.75, 3.05) is 13.7 Å². The van der Waals surface area contributed by atoms with E-state index in [1.165, 1.54) is 0 Å². The Hall–Kier alpha value is -2.50. The Labute approximate surface area is 130 Å².